The molecule has 0 aromatic carbocycles. The Morgan fingerprint density at radius 3 is 3.05 bits per heavy atom. The highest BCUT2D eigenvalue weighted by Gasteiger charge is 2.25. The van der Waals surface area contributed by atoms with Gasteiger partial charge in [0.05, 0.1) is 5.69 Å². The van der Waals surface area contributed by atoms with Crippen molar-refractivity contribution >= 4 is 5.91 Å². The highest BCUT2D eigenvalue weighted by Crippen LogP contribution is 2.25. The zero-order chi connectivity index (χ0) is 15.4. The fraction of sp³-hybridized carbons (Fsp3) is 0.500. The van der Waals surface area contributed by atoms with Crippen molar-refractivity contribution in [3.05, 3.63) is 42.2 Å². The SMILES string of the molecule is Cc1ccn(CCC(=O)N2CCC[C@@H](c3ccncn3)C2)n1. The molecule has 1 aliphatic rings. The minimum atomic E-state index is 0.201. The molecule has 3 rings (SSSR count). The summed E-state index contributed by atoms with van der Waals surface area (Å²) >= 11 is 0. The van der Waals surface area contributed by atoms with Crippen molar-refractivity contribution in [3.63, 3.8) is 0 Å². The maximum atomic E-state index is 12.4. The second-order valence-electron chi connectivity index (χ2n) is 5.78. The Bertz CT molecular complexity index is 624. The smallest absolute Gasteiger partial charge is 0.224 e. The summed E-state index contributed by atoms with van der Waals surface area (Å²) in [6, 6.07) is 3.90. The summed E-state index contributed by atoms with van der Waals surface area (Å²) in [5, 5.41) is 4.32. The molecular formula is C16H21N5O. The predicted molar refractivity (Wildman–Crippen MR) is 82.2 cm³/mol. The summed E-state index contributed by atoms with van der Waals surface area (Å²) < 4.78 is 1.83. The predicted octanol–water partition coefficient (Wildman–Crippen LogP) is 1.78. The van der Waals surface area contributed by atoms with Crippen LogP contribution in [0.15, 0.2) is 30.9 Å². The summed E-state index contributed by atoms with van der Waals surface area (Å²) in [6.45, 7) is 4.20. The Morgan fingerprint density at radius 1 is 1.41 bits per heavy atom. The van der Waals surface area contributed by atoms with Gasteiger partial charge in [0.15, 0.2) is 0 Å². The number of carbonyl (C=O) groups is 1. The van der Waals surface area contributed by atoms with E-state index in [9.17, 15) is 4.79 Å². The Morgan fingerprint density at radius 2 is 2.32 bits per heavy atom. The highest BCUT2D eigenvalue weighted by atomic mass is 16.2. The van der Waals surface area contributed by atoms with Crippen molar-refractivity contribution in [1.29, 1.82) is 0 Å². The second-order valence-corrected chi connectivity index (χ2v) is 5.78. The van der Waals surface area contributed by atoms with Gasteiger partial charge in [-0.3, -0.25) is 9.48 Å². The van der Waals surface area contributed by atoms with Crippen LogP contribution in [0.1, 0.15) is 36.6 Å². The molecule has 0 saturated carbocycles. The first-order chi connectivity index (χ1) is 10.7. The Hall–Kier alpha value is -2.24. The van der Waals surface area contributed by atoms with Crippen molar-refractivity contribution in [2.24, 2.45) is 0 Å². The first-order valence-corrected chi connectivity index (χ1v) is 7.76. The minimum absolute atomic E-state index is 0.201. The van der Waals surface area contributed by atoms with Crippen molar-refractivity contribution in [2.75, 3.05) is 13.1 Å². The van der Waals surface area contributed by atoms with Crippen LogP contribution in [0.4, 0.5) is 0 Å². The van der Waals surface area contributed by atoms with Crippen LogP contribution in [-0.2, 0) is 11.3 Å². The molecule has 1 saturated heterocycles. The average Bonchev–Trinajstić information content (AvgIpc) is 2.99. The van der Waals surface area contributed by atoms with Crippen LogP contribution in [0.2, 0.25) is 0 Å². The standard InChI is InChI=1S/C16H21N5O/c1-13-5-9-21(19-13)10-6-16(22)20-8-2-3-14(11-20)15-4-7-17-12-18-15/h4-5,7,9,12,14H,2-3,6,8,10-11H2,1H3/t14-/m1/s1. The lowest BCUT2D eigenvalue weighted by Gasteiger charge is -2.32. The van der Waals surface area contributed by atoms with Crippen molar-refractivity contribution in [1.82, 2.24) is 24.6 Å². The molecular weight excluding hydrogens is 278 g/mol. The summed E-state index contributed by atoms with van der Waals surface area (Å²) in [6.07, 6.45) is 7.87. The van der Waals surface area contributed by atoms with Crippen LogP contribution in [0.3, 0.4) is 0 Å². The first-order valence-electron chi connectivity index (χ1n) is 7.76. The van der Waals surface area contributed by atoms with E-state index in [1.54, 1.807) is 12.5 Å². The monoisotopic (exact) mass is 299 g/mol. The topological polar surface area (TPSA) is 63.9 Å². The van der Waals surface area contributed by atoms with Crippen LogP contribution in [0.25, 0.3) is 0 Å². The van der Waals surface area contributed by atoms with E-state index in [0.29, 0.717) is 18.9 Å². The summed E-state index contributed by atoms with van der Waals surface area (Å²) in [7, 11) is 0. The van der Waals surface area contributed by atoms with E-state index in [1.807, 2.05) is 34.8 Å². The molecule has 0 radical (unpaired) electrons. The normalized spacial score (nSPS) is 18.4. The lowest BCUT2D eigenvalue weighted by atomic mass is 9.94. The fourth-order valence-electron chi connectivity index (χ4n) is 2.94. The number of aryl methyl sites for hydroxylation is 2. The molecule has 2 aromatic heterocycles. The number of piperidine rings is 1. The zero-order valence-corrected chi connectivity index (χ0v) is 12.9. The zero-order valence-electron chi connectivity index (χ0n) is 12.9. The van der Waals surface area contributed by atoms with Crippen LogP contribution in [-0.4, -0.2) is 43.6 Å². The van der Waals surface area contributed by atoms with E-state index >= 15 is 0 Å². The van der Waals surface area contributed by atoms with Crippen LogP contribution in [0.5, 0.6) is 0 Å². The number of aromatic nitrogens is 4. The van der Waals surface area contributed by atoms with E-state index in [0.717, 1.165) is 37.3 Å². The summed E-state index contributed by atoms with van der Waals surface area (Å²) in [4.78, 5) is 22.7. The average molecular weight is 299 g/mol. The molecule has 1 atom stereocenters. The van der Waals surface area contributed by atoms with Crippen LogP contribution < -0.4 is 0 Å². The maximum absolute atomic E-state index is 12.4. The highest BCUT2D eigenvalue weighted by molar-refractivity contribution is 5.76. The van der Waals surface area contributed by atoms with Gasteiger partial charge in [0.25, 0.3) is 0 Å². The quantitative estimate of drug-likeness (QED) is 0.863. The molecule has 2 aromatic rings. The van der Waals surface area contributed by atoms with E-state index < -0.39 is 0 Å². The number of likely N-dealkylation sites (tertiary alicyclic amines) is 1. The molecule has 0 unspecified atom stereocenters. The molecule has 1 amide bonds. The summed E-state index contributed by atoms with van der Waals surface area (Å²) in [5.74, 6) is 0.527. The Labute approximate surface area is 130 Å². The van der Waals surface area contributed by atoms with E-state index in [1.165, 1.54) is 0 Å². The van der Waals surface area contributed by atoms with Gasteiger partial charge in [-0.15, -0.1) is 0 Å². The Kier molecular flexibility index (Phi) is 4.46. The summed E-state index contributed by atoms with van der Waals surface area (Å²) in [5.41, 5.74) is 2.02. The number of hydrogen-bond acceptors (Lipinski definition) is 4. The third-order valence-corrected chi connectivity index (χ3v) is 4.13. The van der Waals surface area contributed by atoms with Gasteiger partial charge >= 0.3 is 0 Å². The number of carbonyl (C=O) groups excluding carboxylic acids is 1. The fourth-order valence-corrected chi connectivity index (χ4v) is 2.94. The van der Waals surface area contributed by atoms with Gasteiger partial charge in [-0.05, 0) is 31.9 Å². The van der Waals surface area contributed by atoms with Crippen molar-refractivity contribution in [2.45, 2.75) is 38.6 Å². The number of rotatable bonds is 4. The molecule has 6 heteroatoms. The molecule has 3 heterocycles. The van der Waals surface area contributed by atoms with E-state index in [2.05, 4.69) is 15.1 Å². The van der Waals surface area contributed by atoms with E-state index in [4.69, 9.17) is 0 Å². The van der Waals surface area contributed by atoms with Crippen molar-refractivity contribution < 1.29 is 4.79 Å². The van der Waals surface area contributed by atoms with Gasteiger partial charge in [0.1, 0.15) is 6.33 Å². The lowest BCUT2D eigenvalue weighted by molar-refractivity contribution is -0.132. The maximum Gasteiger partial charge on any atom is 0.224 e. The number of amides is 1. The van der Waals surface area contributed by atoms with Gasteiger partial charge in [-0.25, -0.2) is 9.97 Å². The number of hydrogen-bond donors (Lipinski definition) is 0. The molecule has 116 valence electrons. The lowest BCUT2D eigenvalue weighted by Crippen LogP contribution is -2.39. The molecule has 0 N–H and O–H groups in total. The molecule has 0 aliphatic carbocycles. The van der Waals surface area contributed by atoms with Crippen LogP contribution >= 0.6 is 0 Å². The second kappa shape index (κ2) is 6.68. The number of nitrogens with zero attached hydrogens (tertiary/aromatic N) is 5. The first kappa shape index (κ1) is 14.7. The third-order valence-electron chi connectivity index (χ3n) is 4.13. The van der Waals surface area contributed by atoms with Gasteiger partial charge in [0.2, 0.25) is 5.91 Å². The molecule has 0 bridgehead atoms. The van der Waals surface area contributed by atoms with Gasteiger partial charge < -0.3 is 4.90 Å². The molecule has 1 aliphatic heterocycles. The molecule has 22 heavy (non-hydrogen) atoms. The van der Waals surface area contributed by atoms with Gasteiger partial charge in [-0.2, -0.15) is 5.10 Å². The largest absolute Gasteiger partial charge is 0.342 e. The van der Waals surface area contributed by atoms with Crippen molar-refractivity contribution in [3.8, 4) is 0 Å². The van der Waals surface area contributed by atoms with E-state index in [-0.39, 0.29) is 5.91 Å². The molecule has 1 fully saturated rings. The molecule has 6 nitrogen and oxygen atoms in total. The minimum Gasteiger partial charge on any atom is -0.342 e. The third kappa shape index (κ3) is 3.50. The molecule has 0 spiro atoms. The van der Waals surface area contributed by atoms with Gasteiger partial charge in [0, 0.05) is 50.1 Å². The van der Waals surface area contributed by atoms with Crippen LogP contribution in [0, 0.1) is 6.92 Å². The van der Waals surface area contributed by atoms with Gasteiger partial charge in [-0.1, -0.05) is 0 Å². The Balaban J connectivity index is 1.56.